The van der Waals surface area contributed by atoms with Gasteiger partial charge in [-0.2, -0.15) is 0 Å². The van der Waals surface area contributed by atoms with Crippen molar-refractivity contribution in [3.05, 3.63) is 52.0 Å². The molecule has 3 heteroatoms. The van der Waals surface area contributed by atoms with Crippen molar-refractivity contribution in [2.24, 2.45) is 0 Å². The fourth-order valence-electron chi connectivity index (χ4n) is 1.88. The molecule has 0 saturated carbocycles. The third-order valence-electron chi connectivity index (χ3n) is 2.86. The van der Waals surface area contributed by atoms with Crippen LogP contribution in [0.2, 0.25) is 0 Å². The predicted octanol–water partition coefficient (Wildman–Crippen LogP) is 3.04. The monoisotopic (exact) mass is 246 g/mol. The maximum absolute atomic E-state index is 4.27. The standard InChI is InChI=1S/C14H18N2S/c1-2-12-5-3-4-6-13(12)9-15-8-7-14-10-17-11-16-14/h3-6,10-11,15H,2,7-9H2,1H3. The van der Waals surface area contributed by atoms with Crippen molar-refractivity contribution in [1.29, 1.82) is 0 Å². The Kier molecular flexibility index (Phi) is 4.71. The maximum Gasteiger partial charge on any atom is 0.0794 e. The average Bonchev–Trinajstić information content (AvgIpc) is 2.88. The molecule has 0 radical (unpaired) electrons. The van der Waals surface area contributed by atoms with Crippen LogP contribution in [0.5, 0.6) is 0 Å². The second kappa shape index (κ2) is 6.52. The molecule has 2 nitrogen and oxygen atoms in total. The molecule has 0 aliphatic heterocycles. The summed E-state index contributed by atoms with van der Waals surface area (Å²) in [6, 6.07) is 8.63. The topological polar surface area (TPSA) is 24.9 Å². The lowest BCUT2D eigenvalue weighted by Crippen LogP contribution is -2.17. The number of nitrogens with zero attached hydrogens (tertiary/aromatic N) is 1. The maximum atomic E-state index is 4.27. The van der Waals surface area contributed by atoms with Crippen LogP contribution in [0.3, 0.4) is 0 Å². The number of aryl methyl sites for hydroxylation is 1. The highest BCUT2D eigenvalue weighted by Crippen LogP contribution is 2.09. The number of benzene rings is 1. The molecule has 1 N–H and O–H groups in total. The molecular weight excluding hydrogens is 228 g/mol. The summed E-state index contributed by atoms with van der Waals surface area (Å²) < 4.78 is 0. The molecule has 0 aliphatic rings. The molecule has 0 unspecified atom stereocenters. The van der Waals surface area contributed by atoms with Gasteiger partial charge in [-0.1, -0.05) is 31.2 Å². The van der Waals surface area contributed by atoms with Crippen molar-refractivity contribution in [2.45, 2.75) is 26.3 Å². The third kappa shape index (κ3) is 3.65. The van der Waals surface area contributed by atoms with Crippen LogP contribution in [0.25, 0.3) is 0 Å². The van der Waals surface area contributed by atoms with Gasteiger partial charge < -0.3 is 5.32 Å². The molecule has 0 aliphatic carbocycles. The van der Waals surface area contributed by atoms with Crippen LogP contribution >= 0.6 is 11.3 Å². The fourth-order valence-corrected chi connectivity index (χ4v) is 2.47. The van der Waals surface area contributed by atoms with Crippen molar-refractivity contribution >= 4 is 11.3 Å². The highest BCUT2D eigenvalue weighted by Gasteiger charge is 1.99. The zero-order chi connectivity index (χ0) is 11.9. The Hall–Kier alpha value is -1.19. The molecule has 0 bridgehead atoms. The Balaban J connectivity index is 1.78. The summed E-state index contributed by atoms with van der Waals surface area (Å²) in [4.78, 5) is 4.27. The molecule has 0 amide bonds. The van der Waals surface area contributed by atoms with Crippen molar-refractivity contribution in [2.75, 3.05) is 6.54 Å². The summed E-state index contributed by atoms with van der Waals surface area (Å²) in [6.45, 7) is 4.14. The first-order valence-electron chi connectivity index (χ1n) is 6.04. The van der Waals surface area contributed by atoms with E-state index in [1.165, 1.54) is 16.8 Å². The SMILES string of the molecule is CCc1ccccc1CNCCc1cscn1. The van der Waals surface area contributed by atoms with E-state index >= 15 is 0 Å². The normalized spacial score (nSPS) is 10.6. The Morgan fingerprint density at radius 3 is 2.76 bits per heavy atom. The van der Waals surface area contributed by atoms with Crippen molar-refractivity contribution in [1.82, 2.24) is 10.3 Å². The quantitative estimate of drug-likeness (QED) is 0.792. The minimum atomic E-state index is 0.953. The van der Waals surface area contributed by atoms with E-state index in [4.69, 9.17) is 0 Å². The van der Waals surface area contributed by atoms with E-state index in [0.29, 0.717) is 0 Å². The number of thiazole rings is 1. The fraction of sp³-hybridized carbons (Fsp3) is 0.357. The number of hydrogen-bond acceptors (Lipinski definition) is 3. The van der Waals surface area contributed by atoms with Crippen LogP contribution < -0.4 is 5.32 Å². The zero-order valence-corrected chi connectivity index (χ0v) is 11.0. The number of nitrogens with one attached hydrogen (secondary N) is 1. The summed E-state index contributed by atoms with van der Waals surface area (Å²) in [5, 5.41) is 5.59. The van der Waals surface area contributed by atoms with Gasteiger partial charge >= 0.3 is 0 Å². The van der Waals surface area contributed by atoms with E-state index in [0.717, 1.165) is 25.9 Å². The second-order valence-electron chi connectivity index (χ2n) is 4.03. The molecule has 2 rings (SSSR count). The molecule has 0 saturated heterocycles. The van der Waals surface area contributed by atoms with Gasteiger partial charge in [0.15, 0.2) is 0 Å². The minimum absolute atomic E-state index is 0.953. The largest absolute Gasteiger partial charge is 0.312 e. The summed E-state index contributed by atoms with van der Waals surface area (Å²) in [5.41, 5.74) is 5.93. The Labute approximate surface area is 107 Å². The van der Waals surface area contributed by atoms with Gasteiger partial charge in [0.2, 0.25) is 0 Å². The lowest BCUT2D eigenvalue weighted by atomic mass is 10.1. The summed E-state index contributed by atoms with van der Waals surface area (Å²) in [7, 11) is 0. The highest BCUT2D eigenvalue weighted by atomic mass is 32.1. The number of rotatable bonds is 6. The van der Waals surface area contributed by atoms with E-state index in [1.807, 2.05) is 5.51 Å². The lowest BCUT2D eigenvalue weighted by Gasteiger charge is -2.08. The van der Waals surface area contributed by atoms with Gasteiger partial charge in [0.25, 0.3) is 0 Å². The number of aromatic nitrogens is 1. The smallest absolute Gasteiger partial charge is 0.0794 e. The molecule has 1 heterocycles. The Morgan fingerprint density at radius 2 is 2.06 bits per heavy atom. The predicted molar refractivity (Wildman–Crippen MR) is 73.3 cm³/mol. The van der Waals surface area contributed by atoms with E-state index < -0.39 is 0 Å². The molecule has 0 spiro atoms. The van der Waals surface area contributed by atoms with Crippen LogP contribution in [0.4, 0.5) is 0 Å². The van der Waals surface area contributed by atoms with Crippen LogP contribution in [0, 0.1) is 0 Å². The zero-order valence-electron chi connectivity index (χ0n) is 10.1. The van der Waals surface area contributed by atoms with E-state index in [-0.39, 0.29) is 0 Å². The van der Waals surface area contributed by atoms with E-state index in [1.54, 1.807) is 11.3 Å². The van der Waals surface area contributed by atoms with Gasteiger partial charge in [0, 0.05) is 24.9 Å². The third-order valence-corrected chi connectivity index (χ3v) is 3.49. The van der Waals surface area contributed by atoms with Crippen molar-refractivity contribution in [3.8, 4) is 0 Å². The summed E-state index contributed by atoms with van der Waals surface area (Å²) in [5.74, 6) is 0. The lowest BCUT2D eigenvalue weighted by molar-refractivity contribution is 0.677. The molecule has 1 aromatic carbocycles. The molecule has 2 aromatic rings. The van der Waals surface area contributed by atoms with Gasteiger partial charge in [-0.3, -0.25) is 0 Å². The second-order valence-corrected chi connectivity index (χ2v) is 4.75. The van der Waals surface area contributed by atoms with Crippen LogP contribution in [0.15, 0.2) is 35.2 Å². The first kappa shape index (κ1) is 12.3. The van der Waals surface area contributed by atoms with Gasteiger partial charge in [0.1, 0.15) is 0 Å². The van der Waals surface area contributed by atoms with Gasteiger partial charge in [-0.05, 0) is 17.5 Å². The molecular formula is C14H18N2S. The molecule has 0 atom stereocenters. The summed E-state index contributed by atoms with van der Waals surface area (Å²) >= 11 is 1.66. The first-order valence-corrected chi connectivity index (χ1v) is 6.99. The molecule has 0 fully saturated rings. The van der Waals surface area contributed by atoms with Crippen LogP contribution in [0.1, 0.15) is 23.7 Å². The van der Waals surface area contributed by atoms with Crippen molar-refractivity contribution < 1.29 is 0 Å². The average molecular weight is 246 g/mol. The minimum Gasteiger partial charge on any atom is -0.312 e. The van der Waals surface area contributed by atoms with Crippen LogP contribution in [-0.2, 0) is 19.4 Å². The molecule has 90 valence electrons. The molecule has 1 aromatic heterocycles. The Morgan fingerprint density at radius 1 is 1.24 bits per heavy atom. The number of hydrogen-bond donors (Lipinski definition) is 1. The van der Waals surface area contributed by atoms with E-state index in [2.05, 4.69) is 46.9 Å². The van der Waals surface area contributed by atoms with E-state index in [9.17, 15) is 0 Å². The van der Waals surface area contributed by atoms with Crippen LogP contribution in [-0.4, -0.2) is 11.5 Å². The Bertz CT molecular complexity index is 437. The highest BCUT2D eigenvalue weighted by molar-refractivity contribution is 7.07. The van der Waals surface area contributed by atoms with Gasteiger partial charge in [-0.25, -0.2) is 4.98 Å². The first-order chi connectivity index (χ1) is 8.40. The van der Waals surface area contributed by atoms with Gasteiger partial charge in [0.05, 0.1) is 11.2 Å². The summed E-state index contributed by atoms with van der Waals surface area (Å²) in [6.07, 6.45) is 2.11. The van der Waals surface area contributed by atoms with Gasteiger partial charge in [-0.15, -0.1) is 11.3 Å². The van der Waals surface area contributed by atoms with Crippen molar-refractivity contribution in [3.63, 3.8) is 0 Å². The molecule has 17 heavy (non-hydrogen) atoms.